The molecule has 0 aromatic carbocycles. The number of nitrogens with one attached hydrogen (secondary N) is 1. The van der Waals surface area contributed by atoms with Crippen molar-refractivity contribution in [3.05, 3.63) is 12.0 Å². The van der Waals surface area contributed by atoms with Crippen LogP contribution in [-0.4, -0.2) is 46.9 Å². The Bertz CT molecular complexity index is 625. The number of aliphatic carboxylic acids is 1. The van der Waals surface area contributed by atoms with Gasteiger partial charge in [-0.15, -0.1) is 0 Å². The Morgan fingerprint density at radius 3 is 2.76 bits per heavy atom. The monoisotopic (exact) mass is 315 g/mol. The van der Waals surface area contributed by atoms with Crippen LogP contribution in [0.25, 0.3) is 0 Å². The van der Waals surface area contributed by atoms with E-state index in [1.54, 1.807) is 0 Å². The average Bonchev–Trinajstić information content (AvgIpc) is 3.06. The van der Waals surface area contributed by atoms with Crippen LogP contribution in [-0.2, 0) is 21.2 Å². The number of H-pyrrole nitrogens is 1. The Hall–Kier alpha value is -1.41. The lowest BCUT2D eigenvalue weighted by molar-refractivity contribution is -0.148. The lowest BCUT2D eigenvalue weighted by Crippen LogP contribution is -2.37. The maximum Gasteiger partial charge on any atom is 0.311 e. The first-order chi connectivity index (χ1) is 9.85. The van der Waals surface area contributed by atoms with E-state index >= 15 is 0 Å². The Kier molecular flexibility index (Phi) is 4.38. The second-order valence-corrected chi connectivity index (χ2v) is 7.38. The maximum atomic E-state index is 12.5. The number of rotatable bonds is 6. The molecule has 1 aliphatic heterocycles. The van der Waals surface area contributed by atoms with Crippen LogP contribution in [0.15, 0.2) is 11.2 Å². The van der Waals surface area contributed by atoms with Crippen LogP contribution < -0.4 is 0 Å². The first kappa shape index (κ1) is 16.0. The van der Waals surface area contributed by atoms with Gasteiger partial charge in [0.25, 0.3) is 10.0 Å². The molecule has 1 aromatic rings. The van der Waals surface area contributed by atoms with E-state index in [4.69, 9.17) is 0 Å². The fourth-order valence-electron chi connectivity index (χ4n) is 2.80. The molecule has 1 saturated heterocycles. The third kappa shape index (κ3) is 2.82. The molecule has 0 spiro atoms. The van der Waals surface area contributed by atoms with Gasteiger partial charge < -0.3 is 10.1 Å². The van der Waals surface area contributed by atoms with E-state index in [9.17, 15) is 18.3 Å². The van der Waals surface area contributed by atoms with Crippen molar-refractivity contribution in [3.63, 3.8) is 0 Å². The Balaban J connectivity index is 2.25. The van der Waals surface area contributed by atoms with Crippen molar-refractivity contribution < 1.29 is 18.3 Å². The van der Waals surface area contributed by atoms with Crippen molar-refractivity contribution in [2.75, 3.05) is 13.1 Å². The SMILES string of the molecule is CCCC1(C(=O)O)CCN(S(=O)(=O)c2cnc(CC)[nH]2)C1. The van der Waals surface area contributed by atoms with Gasteiger partial charge >= 0.3 is 5.97 Å². The number of aromatic amines is 1. The lowest BCUT2D eigenvalue weighted by Gasteiger charge is -2.23. The van der Waals surface area contributed by atoms with Crippen molar-refractivity contribution in [3.8, 4) is 0 Å². The molecular formula is C13H21N3O4S. The largest absolute Gasteiger partial charge is 0.481 e. The summed E-state index contributed by atoms with van der Waals surface area (Å²) in [7, 11) is -3.70. The van der Waals surface area contributed by atoms with E-state index in [2.05, 4.69) is 9.97 Å². The molecule has 1 fully saturated rings. The molecule has 2 rings (SSSR count). The van der Waals surface area contributed by atoms with Crippen molar-refractivity contribution in [1.82, 2.24) is 14.3 Å². The van der Waals surface area contributed by atoms with Gasteiger partial charge in [-0.3, -0.25) is 4.79 Å². The number of carboxylic acids is 1. The Morgan fingerprint density at radius 1 is 1.52 bits per heavy atom. The zero-order chi connectivity index (χ0) is 15.7. The fraction of sp³-hybridized carbons (Fsp3) is 0.692. The highest BCUT2D eigenvalue weighted by molar-refractivity contribution is 7.89. The number of aromatic nitrogens is 2. The van der Waals surface area contributed by atoms with Gasteiger partial charge in [-0.25, -0.2) is 13.4 Å². The molecule has 0 aliphatic carbocycles. The van der Waals surface area contributed by atoms with Gasteiger partial charge in [0.2, 0.25) is 0 Å². The summed E-state index contributed by atoms with van der Waals surface area (Å²) in [6.45, 7) is 4.04. The second kappa shape index (κ2) is 5.76. The second-order valence-electron chi connectivity index (χ2n) is 5.47. The first-order valence-corrected chi connectivity index (χ1v) is 8.57. The molecule has 2 N–H and O–H groups in total. The zero-order valence-corrected chi connectivity index (χ0v) is 13.1. The van der Waals surface area contributed by atoms with Gasteiger partial charge in [-0.2, -0.15) is 4.31 Å². The molecule has 1 atom stereocenters. The summed E-state index contributed by atoms with van der Waals surface area (Å²) < 4.78 is 26.3. The smallest absolute Gasteiger partial charge is 0.311 e. The molecular weight excluding hydrogens is 294 g/mol. The minimum Gasteiger partial charge on any atom is -0.481 e. The van der Waals surface area contributed by atoms with Crippen molar-refractivity contribution >= 4 is 16.0 Å². The van der Waals surface area contributed by atoms with Crippen LogP contribution in [0.1, 0.15) is 38.9 Å². The van der Waals surface area contributed by atoms with Crippen LogP contribution in [0.4, 0.5) is 0 Å². The van der Waals surface area contributed by atoms with E-state index in [1.807, 2.05) is 13.8 Å². The lowest BCUT2D eigenvalue weighted by atomic mass is 9.83. The molecule has 7 nitrogen and oxygen atoms in total. The van der Waals surface area contributed by atoms with Crippen molar-refractivity contribution in [2.24, 2.45) is 5.41 Å². The highest BCUT2D eigenvalue weighted by Crippen LogP contribution is 2.37. The molecule has 1 unspecified atom stereocenters. The summed E-state index contributed by atoms with van der Waals surface area (Å²) in [6.07, 6.45) is 3.46. The first-order valence-electron chi connectivity index (χ1n) is 7.13. The maximum absolute atomic E-state index is 12.5. The number of hydrogen-bond donors (Lipinski definition) is 2. The predicted molar refractivity (Wildman–Crippen MR) is 76.3 cm³/mol. The highest BCUT2D eigenvalue weighted by atomic mass is 32.2. The quantitative estimate of drug-likeness (QED) is 0.822. The predicted octanol–water partition coefficient (Wildman–Crippen LogP) is 1.24. The summed E-state index contributed by atoms with van der Waals surface area (Å²) in [4.78, 5) is 18.3. The normalized spacial score (nSPS) is 23.5. The minimum atomic E-state index is -3.70. The van der Waals surface area contributed by atoms with Gasteiger partial charge in [0.05, 0.1) is 11.6 Å². The number of aryl methyl sites for hydroxylation is 1. The van der Waals surface area contributed by atoms with Crippen molar-refractivity contribution in [2.45, 2.75) is 44.6 Å². The molecule has 0 radical (unpaired) electrons. The van der Waals surface area contributed by atoms with Gasteiger partial charge in [0.15, 0.2) is 5.03 Å². The van der Waals surface area contributed by atoms with Crippen LogP contribution in [0.5, 0.6) is 0 Å². The molecule has 8 heteroatoms. The summed E-state index contributed by atoms with van der Waals surface area (Å²) in [6, 6.07) is 0. The van der Waals surface area contributed by atoms with Crippen molar-refractivity contribution in [1.29, 1.82) is 0 Å². The molecule has 1 aliphatic rings. The number of nitrogens with zero attached hydrogens (tertiary/aromatic N) is 2. The summed E-state index contributed by atoms with van der Waals surface area (Å²) in [5.41, 5.74) is -0.963. The number of carbonyl (C=O) groups is 1. The Morgan fingerprint density at radius 2 is 2.24 bits per heavy atom. The molecule has 118 valence electrons. The fourth-order valence-corrected chi connectivity index (χ4v) is 4.26. The third-order valence-electron chi connectivity index (χ3n) is 4.06. The van der Waals surface area contributed by atoms with Crippen LogP contribution in [0.3, 0.4) is 0 Å². The van der Waals surface area contributed by atoms with Crippen LogP contribution in [0.2, 0.25) is 0 Å². The summed E-state index contributed by atoms with van der Waals surface area (Å²) in [5.74, 6) is -0.313. The van der Waals surface area contributed by atoms with E-state index in [0.717, 1.165) is 0 Å². The topological polar surface area (TPSA) is 103 Å². The van der Waals surface area contributed by atoms with E-state index < -0.39 is 21.4 Å². The van der Waals surface area contributed by atoms with Gasteiger partial charge in [0.1, 0.15) is 5.82 Å². The van der Waals surface area contributed by atoms with Gasteiger partial charge in [-0.1, -0.05) is 20.3 Å². The van der Waals surface area contributed by atoms with E-state index in [-0.39, 0.29) is 18.1 Å². The number of sulfonamides is 1. The molecule has 0 bridgehead atoms. The number of carboxylic acid groups (broad SMARTS) is 1. The summed E-state index contributed by atoms with van der Waals surface area (Å²) >= 11 is 0. The molecule has 2 heterocycles. The minimum absolute atomic E-state index is 0.0268. The van der Waals surface area contributed by atoms with Gasteiger partial charge in [0, 0.05) is 19.5 Å². The molecule has 0 saturated carbocycles. The van der Waals surface area contributed by atoms with E-state index in [0.29, 0.717) is 31.5 Å². The standard InChI is InChI=1S/C13H21N3O4S/c1-3-5-13(12(17)18)6-7-16(9-13)21(19,20)11-8-14-10(4-2)15-11/h8H,3-7,9H2,1-2H3,(H,14,15)(H,17,18). The third-order valence-corrected chi connectivity index (χ3v) is 5.81. The number of hydrogen-bond acceptors (Lipinski definition) is 4. The molecule has 21 heavy (non-hydrogen) atoms. The molecule has 0 amide bonds. The summed E-state index contributed by atoms with van der Waals surface area (Å²) in [5, 5.41) is 9.49. The van der Waals surface area contributed by atoms with E-state index in [1.165, 1.54) is 10.5 Å². The average molecular weight is 315 g/mol. The number of imidazole rings is 1. The Labute approximate surface area is 124 Å². The van der Waals surface area contributed by atoms with Crippen LogP contribution in [0, 0.1) is 5.41 Å². The van der Waals surface area contributed by atoms with Gasteiger partial charge in [-0.05, 0) is 12.8 Å². The molecule has 1 aromatic heterocycles. The van der Waals surface area contributed by atoms with Crippen LogP contribution >= 0.6 is 0 Å². The highest BCUT2D eigenvalue weighted by Gasteiger charge is 2.47. The zero-order valence-electron chi connectivity index (χ0n) is 12.3.